The van der Waals surface area contributed by atoms with E-state index in [1.54, 1.807) is 31.3 Å². The zero-order chi connectivity index (χ0) is 15.5. The van der Waals surface area contributed by atoms with Crippen LogP contribution in [0.2, 0.25) is 0 Å². The van der Waals surface area contributed by atoms with Gasteiger partial charge in [0, 0.05) is 20.1 Å². The van der Waals surface area contributed by atoms with Crippen molar-refractivity contribution in [3.8, 4) is 0 Å². The second kappa shape index (κ2) is 6.39. The molecule has 2 aromatic rings. The minimum atomic E-state index is -3.46. The molecule has 2 N–H and O–H groups in total. The molecule has 112 valence electrons. The van der Waals surface area contributed by atoms with Crippen LogP contribution in [0.5, 0.6) is 0 Å². The van der Waals surface area contributed by atoms with Crippen molar-refractivity contribution < 1.29 is 8.42 Å². The molecule has 0 aliphatic rings. The Morgan fingerprint density at radius 3 is 2.00 bits per heavy atom. The fraction of sp³-hybridized carbons (Fsp3) is 0.250. The first kappa shape index (κ1) is 15.7. The summed E-state index contributed by atoms with van der Waals surface area (Å²) >= 11 is 0. The molecule has 0 atom stereocenters. The van der Waals surface area contributed by atoms with Crippen molar-refractivity contribution in [3.63, 3.8) is 0 Å². The summed E-state index contributed by atoms with van der Waals surface area (Å²) in [6.45, 7) is 2.75. The lowest BCUT2D eigenvalue weighted by Gasteiger charge is -2.17. The Hall–Kier alpha value is -1.69. The predicted molar refractivity (Wildman–Crippen MR) is 84.2 cm³/mol. The van der Waals surface area contributed by atoms with Gasteiger partial charge in [0.15, 0.2) is 0 Å². The third-order valence-corrected chi connectivity index (χ3v) is 5.21. The number of rotatable bonds is 5. The normalized spacial score (nSPS) is 11.8. The maximum atomic E-state index is 12.5. The van der Waals surface area contributed by atoms with E-state index in [-0.39, 0.29) is 0 Å². The number of aryl methyl sites for hydroxylation is 1. The predicted octanol–water partition coefficient (Wildman–Crippen LogP) is 2.27. The van der Waals surface area contributed by atoms with Gasteiger partial charge in [0.25, 0.3) is 0 Å². The molecule has 0 bridgehead atoms. The van der Waals surface area contributed by atoms with Crippen LogP contribution in [0.25, 0.3) is 0 Å². The van der Waals surface area contributed by atoms with Crippen molar-refractivity contribution in [1.82, 2.24) is 4.31 Å². The molecule has 0 heterocycles. The number of nitrogens with zero attached hydrogens (tertiary/aromatic N) is 1. The van der Waals surface area contributed by atoms with E-state index in [0.717, 1.165) is 16.7 Å². The van der Waals surface area contributed by atoms with Gasteiger partial charge in [-0.3, -0.25) is 0 Å². The van der Waals surface area contributed by atoms with E-state index in [1.165, 1.54) is 4.31 Å². The summed E-state index contributed by atoms with van der Waals surface area (Å²) in [5, 5.41) is 0. The van der Waals surface area contributed by atoms with Crippen molar-refractivity contribution in [2.75, 3.05) is 7.05 Å². The van der Waals surface area contributed by atoms with Crippen LogP contribution in [-0.4, -0.2) is 19.8 Å². The fourth-order valence-corrected chi connectivity index (χ4v) is 3.17. The van der Waals surface area contributed by atoms with Crippen LogP contribution in [0.15, 0.2) is 53.4 Å². The van der Waals surface area contributed by atoms with Gasteiger partial charge in [0.05, 0.1) is 4.90 Å². The van der Waals surface area contributed by atoms with Gasteiger partial charge in [0.1, 0.15) is 0 Å². The summed E-state index contributed by atoms with van der Waals surface area (Å²) in [6.07, 6.45) is 0. The van der Waals surface area contributed by atoms with Crippen LogP contribution in [-0.2, 0) is 23.1 Å². The summed E-state index contributed by atoms with van der Waals surface area (Å²) in [6, 6.07) is 14.5. The average Bonchev–Trinajstić information content (AvgIpc) is 2.48. The molecule has 0 amide bonds. The molecule has 0 saturated heterocycles. The molecule has 4 nitrogen and oxygen atoms in total. The number of hydrogen-bond donors (Lipinski definition) is 1. The standard InChI is InChI=1S/C16H20N2O2S/c1-13-3-9-16(10-4-13)21(19,20)18(2)12-15-7-5-14(11-17)6-8-15/h3-10H,11-12,17H2,1-2H3. The summed E-state index contributed by atoms with van der Waals surface area (Å²) in [5.41, 5.74) is 8.55. The van der Waals surface area contributed by atoms with Gasteiger partial charge in [-0.05, 0) is 30.2 Å². The Morgan fingerprint density at radius 1 is 0.952 bits per heavy atom. The number of benzene rings is 2. The summed E-state index contributed by atoms with van der Waals surface area (Å²) in [7, 11) is -1.87. The molecule has 0 fully saturated rings. The van der Waals surface area contributed by atoms with Crippen molar-refractivity contribution in [2.45, 2.75) is 24.9 Å². The molecule has 2 rings (SSSR count). The molecule has 0 spiro atoms. The van der Waals surface area contributed by atoms with Gasteiger partial charge in [-0.15, -0.1) is 0 Å². The van der Waals surface area contributed by atoms with E-state index in [0.29, 0.717) is 18.0 Å². The van der Waals surface area contributed by atoms with E-state index in [2.05, 4.69) is 0 Å². The van der Waals surface area contributed by atoms with E-state index in [4.69, 9.17) is 5.73 Å². The molecular weight excluding hydrogens is 284 g/mol. The average molecular weight is 304 g/mol. The van der Waals surface area contributed by atoms with Crippen LogP contribution in [0, 0.1) is 6.92 Å². The lowest BCUT2D eigenvalue weighted by atomic mass is 10.1. The van der Waals surface area contributed by atoms with Gasteiger partial charge < -0.3 is 5.73 Å². The van der Waals surface area contributed by atoms with Gasteiger partial charge in [-0.25, -0.2) is 8.42 Å². The zero-order valence-electron chi connectivity index (χ0n) is 12.3. The largest absolute Gasteiger partial charge is 0.326 e. The molecule has 21 heavy (non-hydrogen) atoms. The van der Waals surface area contributed by atoms with Crippen molar-refractivity contribution in [3.05, 3.63) is 65.2 Å². The van der Waals surface area contributed by atoms with Crippen molar-refractivity contribution in [2.24, 2.45) is 5.73 Å². The highest BCUT2D eigenvalue weighted by Crippen LogP contribution is 2.17. The Morgan fingerprint density at radius 2 is 1.48 bits per heavy atom. The molecule has 2 aromatic carbocycles. The number of hydrogen-bond acceptors (Lipinski definition) is 3. The quantitative estimate of drug-likeness (QED) is 0.921. The lowest BCUT2D eigenvalue weighted by molar-refractivity contribution is 0.466. The maximum absolute atomic E-state index is 12.5. The van der Waals surface area contributed by atoms with Crippen molar-refractivity contribution in [1.29, 1.82) is 0 Å². The minimum Gasteiger partial charge on any atom is -0.326 e. The monoisotopic (exact) mass is 304 g/mol. The third kappa shape index (κ3) is 3.69. The van der Waals surface area contributed by atoms with Crippen LogP contribution in [0.4, 0.5) is 0 Å². The Balaban J connectivity index is 2.17. The van der Waals surface area contributed by atoms with Crippen LogP contribution in [0.1, 0.15) is 16.7 Å². The Bertz CT molecular complexity index is 692. The second-order valence-corrected chi connectivity index (χ2v) is 7.14. The molecule has 0 saturated carbocycles. The number of sulfonamides is 1. The second-order valence-electron chi connectivity index (χ2n) is 5.09. The van der Waals surface area contributed by atoms with Crippen LogP contribution < -0.4 is 5.73 Å². The SMILES string of the molecule is Cc1ccc(S(=O)(=O)N(C)Cc2ccc(CN)cc2)cc1. The minimum absolute atomic E-state index is 0.314. The van der Waals surface area contributed by atoms with Gasteiger partial charge >= 0.3 is 0 Å². The van der Waals surface area contributed by atoms with Crippen molar-refractivity contribution >= 4 is 10.0 Å². The third-order valence-electron chi connectivity index (χ3n) is 3.39. The maximum Gasteiger partial charge on any atom is 0.243 e. The molecule has 0 aromatic heterocycles. The van der Waals surface area contributed by atoms with Crippen LogP contribution >= 0.6 is 0 Å². The molecular formula is C16H20N2O2S. The van der Waals surface area contributed by atoms with Gasteiger partial charge in [-0.2, -0.15) is 4.31 Å². The topological polar surface area (TPSA) is 63.4 Å². The first-order chi connectivity index (χ1) is 9.93. The summed E-state index contributed by atoms with van der Waals surface area (Å²) in [5.74, 6) is 0. The van der Waals surface area contributed by atoms with Gasteiger partial charge in [0.2, 0.25) is 10.0 Å². The molecule has 0 aliphatic heterocycles. The number of nitrogens with two attached hydrogens (primary N) is 1. The van der Waals surface area contributed by atoms with E-state index >= 15 is 0 Å². The van der Waals surface area contributed by atoms with E-state index in [9.17, 15) is 8.42 Å². The fourth-order valence-electron chi connectivity index (χ4n) is 2.01. The lowest BCUT2D eigenvalue weighted by Crippen LogP contribution is -2.26. The highest BCUT2D eigenvalue weighted by Gasteiger charge is 2.20. The molecule has 0 unspecified atom stereocenters. The highest BCUT2D eigenvalue weighted by atomic mass is 32.2. The highest BCUT2D eigenvalue weighted by molar-refractivity contribution is 7.89. The molecule has 5 heteroatoms. The first-order valence-corrected chi connectivity index (χ1v) is 8.18. The van der Waals surface area contributed by atoms with Crippen LogP contribution in [0.3, 0.4) is 0 Å². The smallest absolute Gasteiger partial charge is 0.243 e. The van der Waals surface area contributed by atoms with Gasteiger partial charge in [-0.1, -0.05) is 42.0 Å². The molecule has 0 radical (unpaired) electrons. The summed E-state index contributed by atoms with van der Waals surface area (Å²) < 4.78 is 26.3. The Kier molecular flexibility index (Phi) is 4.77. The summed E-state index contributed by atoms with van der Waals surface area (Å²) in [4.78, 5) is 0.314. The molecule has 0 aliphatic carbocycles. The first-order valence-electron chi connectivity index (χ1n) is 6.74. The van der Waals surface area contributed by atoms with E-state index in [1.807, 2.05) is 31.2 Å². The zero-order valence-corrected chi connectivity index (χ0v) is 13.1. The Labute approximate surface area is 126 Å². The van der Waals surface area contributed by atoms with E-state index < -0.39 is 10.0 Å².